The fourth-order valence-corrected chi connectivity index (χ4v) is 3.18. The molecule has 2 aromatic carbocycles. The largest absolute Gasteiger partial charge is 0.355 e. The fourth-order valence-electron chi connectivity index (χ4n) is 2.81. The van der Waals surface area contributed by atoms with Gasteiger partial charge < -0.3 is 19.9 Å². The molecule has 150 valence electrons. The molecule has 8 heteroatoms. The van der Waals surface area contributed by atoms with Gasteiger partial charge in [0, 0.05) is 25.5 Å². The maximum atomic E-state index is 14.5. The van der Waals surface area contributed by atoms with Gasteiger partial charge in [-0.1, -0.05) is 0 Å². The number of halogens is 1. The first-order chi connectivity index (χ1) is 13.7. The van der Waals surface area contributed by atoms with Crippen LogP contribution in [0.5, 0.6) is 0 Å². The molecular weight excluding hydrogens is 391 g/mol. The first-order valence-corrected chi connectivity index (χ1v) is 9.20. The maximum Gasteiger partial charge on any atom is 0.253 e. The minimum atomic E-state index is -0.718. The number of benzene rings is 2. The number of anilines is 2. The summed E-state index contributed by atoms with van der Waals surface area (Å²) in [6.07, 6.45) is 0.703. The van der Waals surface area contributed by atoms with Crippen LogP contribution in [0.1, 0.15) is 28.4 Å². The molecule has 0 saturated heterocycles. The lowest BCUT2D eigenvalue weighted by Crippen LogP contribution is -2.47. The molecule has 0 saturated carbocycles. The molecule has 2 aromatic rings. The molecule has 2 rings (SSSR count). The second-order valence-electron chi connectivity index (χ2n) is 6.44. The summed E-state index contributed by atoms with van der Waals surface area (Å²) < 4.78 is 14.5. The van der Waals surface area contributed by atoms with Crippen LogP contribution in [-0.2, 0) is 4.79 Å². The van der Waals surface area contributed by atoms with E-state index in [9.17, 15) is 14.0 Å². The summed E-state index contributed by atoms with van der Waals surface area (Å²) in [4.78, 5) is 26.4. The maximum absolute atomic E-state index is 14.5. The van der Waals surface area contributed by atoms with Crippen molar-refractivity contribution in [2.45, 2.75) is 19.9 Å². The third-order valence-corrected chi connectivity index (χ3v) is 4.99. The number of nitrogens with one attached hydrogen (secondary N) is 1. The molecule has 1 N–H and O–H groups in total. The minimum absolute atomic E-state index is 0.100. The van der Waals surface area contributed by atoms with Crippen molar-refractivity contribution in [1.82, 2.24) is 5.32 Å². The molecule has 0 aromatic heterocycles. The number of nitrogens with zero attached hydrogens (tertiary/aromatic N) is 3. The van der Waals surface area contributed by atoms with Gasteiger partial charge in [-0.3, -0.25) is 4.79 Å². The zero-order valence-electron chi connectivity index (χ0n) is 16.6. The summed E-state index contributed by atoms with van der Waals surface area (Å²) in [5.41, 5.74) is 2.31. The van der Waals surface area contributed by atoms with E-state index in [1.54, 1.807) is 31.0 Å². The molecule has 1 atom stereocenters. The highest BCUT2D eigenvalue weighted by atomic mass is 32.1. The molecule has 1 unspecified atom stereocenters. The fraction of sp³-hybridized carbons (Fsp3) is 0.238. The Morgan fingerprint density at radius 1 is 1.28 bits per heavy atom. The monoisotopic (exact) mass is 412 g/mol. The second kappa shape index (κ2) is 9.26. The second-order valence-corrected chi connectivity index (χ2v) is 6.81. The van der Waals surface area contributed by atoms with Crippen LogP contribution < -0.4 is 15.1 Å². The van der Waals surface area contributed by atoms with Crippen LogP contribution >= 0.6 is 12.2 Å². The van der Waals surface area contributed by atoms with E-state index in [2.05, 4.69) is 11.4 Å². The Morgan fingerprint density at radius 2 is 1.93 bits per heavy atom. The van der Waals surface area contributed by atoms with Gasteiger partial charge in [0.15, 0.2) is 5.11 Å². The van der Waals surface area contributed by atoms with Gasteiger partial charge >= 0.3 is 0 Å². The van der Waals surface area contributed by atoms with Gasteiger partial charge in [0.1, 0.15) is 12.1 Å². The molecule has 0 spiro atoms. The van der Waals surface area contributed by atoms with Crippen LogP contribution in [0.2, 0.25) is 0 Å². The van der Waals surface area contributed by atoms with Gasteiger partial charge in [0.25, 0.3) is 5.91 Å². The molecule has 0 radical (unpaired) electrons. The van der Waals surface area contributed by atoms with Crippen molar-refractivity contribution in [3.63, 3.8) is 0 Å². The van der Waals surface area contributed by atoms with E-state index < -0.39 is 17.8 Å². The van der Waals surface area contributed by atoms with Crippen LogP contribution in [0.4, 0.5) is 15.8 Å². The Bertz CT molecular complexity index is 1000. The Kier molecular flexibility index (Phi) is 7.02. The van der Waals surface area contributed by atoms with Crippen molar-refractivity contribution in [2.24, 2.45) is 0 Å². The quantitative estimate of drug-likeness (QED) is 0.601. The molecule has 0 aliphatic rings. The summed E-state index contributed by atoms with van der Waals surface area (Å²) in [6, 6.07) is 10.7. The topological polar surface area (TPSA) is 76.4 Å². The number of aldehydes is 1. The van der Waals surface area contributed by atoms with Gasteiger partial charge in [0.2, 0.25) is 0 Å². The van der Waals surface area contributed by atoms with Crippen molar-refractivity contribution >= 4 is 40.9 Å². The number of thiocarbonyl (C=S) groups is 1. The van der Waals surface area contributed by atoms with Crippen LogP contribution in [-0.4, -0.2) is 37.4 Å². The van der Waals surface area contributed by atoms with E-state index >= 15 is 0 Å². The Morgan fingerprint density at radius 3 is 2.45 bits per heavy atom. The predicted octanol–water partition coefficient (Wildman–Crippen LogP) is 3.18. The van der Waals surface area contributed by atoms with Crippen LogP contribution in [0.15, 0.2) is 36.4 Å². The summed E-state index contributed by atoms with van der Waals surface area (Å²) in [7, 11) is 3.14. The average Bonchev–Trinajstić information content (AvgIpc) is 2.72. The Hall–Kier alpha value is -3.31. The zero-order chi connectivity index (χ0) is 21.7. The predicted molar refractivity (Wildman–Crippen MR) is 115 cm³/mol. The number of carbonyl (C=O) groups excluding carboxylic acids is 2. The molecule has 6 nitrogen and oxygen atoms in total. The van der Waals surface area contributed by atoms with E-state index in [1.165, 1.54) is 30.1 Å². The first kappa shape index (κ1) is 22.0. The average molecular weight is 412 g/mol. The smallest absolute Gasteiger partial charge is 0.253 e. The van der Waals surface area contributed by atoms with Gasteiger partial charge in [-0.2, -0.15) is 5.26 Å². The van der Waals surface area contributed by atoms with Crippen molar-refractivity contribution in [2.75, 3.05) is 23.9 Å². The van der Waals surface area contributed by atoms with E-state index in [0.29, 0.717) is 17.5 Å². The van der Waals surface area contributed by atoms with Crippen LogP contribution in [0.25, 0.3) is 0 Å². The molecule has 1 amide bonds. The lowest BCUT2D eigenvalue weighted by atomic mass is 10.1. The molecular formula is C21H21FN4O2S. The lowest BCUT2D eigenvalue weighted by Gasteiger charge is -2.34. The molecule has 0 aliphatic carbocycles. The number of hydrogen-bond acceptors (Lipinski definition) is 4. The highest BCUT2D eigenvalue weighted by Crippen LogP contribution is 2.25. The minimum Gasteiger partial charge on any atom is -0.355 e. The molecule has 0 heterocycles. The van der Waals surface area contributed by atoms with Crippen molar-refractivity contribution < 1.29 is 14.0 Å². The SMILES string of the molecule is CNC(=O)c1ccc(N(C(=S)N(C)c2ccc(C#N)c(C)c2)C(C)C=O)cc1F. The van der Waals surface area contributed by atoms with Crippen LogP contribution in [0.3, 0.4) is 0 Å². The van der Waals surface area contributed by atoms with Gasteiger partial charge in [-0.05, 0) is 68.0 Å². The van der Waals surface area contributed by atoms with Crippen LogP contribution in [0, 0.1) is 24.1 Å². The summed E-state index contributed by atoms with van der Waals surface area (Å²) in [6.45, 7) is 3.46. The van der Waals surface area contributed by atoms with E-state index in [1.807, 2.05) is 13.0 Å². The first-order valence-electron chi connectivity index (χ1n) is 8.79. The number of hydrogen-bond donors (Lipinski definition) is 1. The van der Waals surface area contributed by atoms with Gasteiger partial charge in [-0.15, -0.1) is 0 Å². The molecule has 0 aliphatic heterocycles. The Balaban J connectivity index is 2.44. The highest BCUT2D eigenvalue weighted by Gasteiger charge is 2.24. The number of carbonyl (C=O) groups is 2. The highest BCUT2D eigenvalue weighted by molar-refractivity contribution is 7.80. The van der Waals surface area contributed by atoms with E-state index in [0.717, 1.165) is 11.3 Å². The summed E-state index contributed by atoms with van der Waals surface area (Å²) in [5.74, 6) is -1.26. The number of nitriles is 1. The zero-order valence-corrected chi connectivity index (χ0v) is 17.4. The summed E-state index contributed by atoms with van der Waals surface area (Å²) >= 11 is 5.59. The number of amides is 1. The normalized spacial score (nSPS) is 11.2. The number of aryl methyl sites for hydroxylation is 1. The number of rotatable bonds is 5. The van der Waals surface area contributed by atoms with Gasteiger partial charge in [-0.25, -0.2) is 4.39 Å². The van der Waals surface area contributed by atoms with E-state index in [4.69, 9.17) is 17.5 Å². The Labute approximate surface area is 174 Å². The lowest BCUT2D eigenvalue weighted by molar-refractivity contribution is -0.108. The standard InChI is InChI=1S/C21H21FN4O2S/c1-13-9-16(6-5-15(13)11-23)25(4)21(29)26(14(2)12-27)17-7-8-18(19(22)10-17)20(28)24-3/h5-10,12,14H,1-4H3,(H,24,28). The molecule has 0 fully saturated rings. The summed E-state index contributed by atoms with van der Waals surface area (Å²) in [5, 5.41) is 11.7. The van der Waals surface area contributed by atoms with Crippen molar-refractivity contribution in [3.8, 4) is 6.07 Å². The van der Waals surface area contributed by atoms with Crippen molar-refractivity contribution in [1.29, 1.82) is 5.26 Å². The van der Waals surface area contributed by atoms with Crippen molar-refractivity contribution in [3.05, 3.63) is 58.9 Å². The molecule has 29 heavy (non-hydrogen) atoms. The van der Waals surface area contributed by atoms with Gasteiger partial charge in [0.05, 0.1) is 23.2 Å². The third kappa shape index (κ3) is 4.58. The third-order valence-electron chi connectivity index (χ3n) is 4.52. The van der Waals surface area contributed by atoms with E-state index in [-0.39, 0.29) is 10.7 Å². The molecule has 0 bridgehead atoms.